The highest BCUT2D eigenvalue weighted by Crippen LogP contribution is 2.39. The van der Waals surface area contributed by atoms with Gasteiger partial charge in [-0.25, -0.2) is 4.98 Å². The Morgan fingerprint density at radius 2 is 2.27 bits per heavy atom. The van der Waals surface area contributed by atoms with E-state index in [-0.39, 0.29) is 0 Å². The largest absolute Gasteiger partial charge is 0.445 e. The summed E-state index contributed by atoms with van der Waals surface area (Å²) >= 11 is 0. The molecule has 2 rings (SSSR count). The molecule has 1 aliphatic rings. The normalized spacial score (nSPS) is 17.3. The zero-order valence-electron chi connectivity index (χ0n) is 7.05. The molecule has 1 saturated carbocycles. The maximum absolute atomic E-state index is 5.52. The zero-order valence-corrected chi connectivity index (χ0v) is 7.05. The minimum absolute atomic E-state index is 0.647. The standard InChI is InChI=1S/C9H13NO/c1-3-8-6(2)11-9(10-8)7-4-5-7/h7H,3-5H2,1-2H3. The summed E-state index contributed by atoms with van der Waals surface area (Å²) in [5.41, 5.74) is 1.13. The van der Waals surface area contributed by atoms with Gasteiger partial charge in [-0.1, -0.05) is 6.92 Å². The molecule has 1 fully saturated rings. The first-order valence-electron chi connectivity index (χ1n) is 4.27. The van der Waals surface area contributed by atoms with E-state index in [9.17, 15) is 0 Å². The summed E-state index contributed by atoms with van der Waals surface area (Å²) in [6.45, 7) is 4.11. The van der Waals surface area contributed by atoms with Gasteiger partial charge in [0.15, 0.2) is 5.89 Å². The average molecular weight is 151 g/mol. The summed E-state index contributed by atoms with van der Waals surface area (Å²) in [5, 5.41) is 0. The Labute approximate surface area is 66.6 Å². The molecule has 1 aromatic heterocycles. The number of aromatic nitrogens is 1. The minimum Gasteiger partial charge on any atom is -0.445 e. The lowest BCUT2D eigenvalue weighted by atomic mass is 10.3. The van der Waals surface area contributed by atoms with Gasteiger partial charge in [-0.2, -0.15) is 0 Å². The monoisotopic (exact) mass is 151 g/mol. The van der Waals surface area contributed by atoms with Crippen LogP contribution in [0.2, 0.25) is 0 Å². The molecule has 0 N–H and O–H groups in total. The molecule has 2 nitrogen and oxygen atoms in total. The van der Waals surface area contributed by atoms with Gasteiger partial charge in [0.1, 0.15) is 5.76 Å². The molecule has 0 spiro atoms. The topological polar surface area (TPSA) is 26.0 Å². The Hall–Kier alpha value is -0.790. The summed E-state index contributed by atoms with van der Waals surface area (Å²) in [5.74, 6) is 2.63. The van der Waals surface area contributed by atoms with Gasteiger partial charge in [-0.05, 0) is 26.2 Å². The third-order valence-electron chi connectivity index (χ3n) is 2.17. The molecule has 60 valence electrons. The van der Waals surface area contributed by atoms with Crippen molar-refractivity contribution in [1.82, 2.24) is 4.98 Å². The van der Waals surface area contributed by atoms with Crippen LogP contribution in [0, 0.1) is 6.92 Å². The van der Waals surface area contributed by atoms with Gasteiger partial charge in [0.05, 0.1) is 5.69 Å². The van der Waals surface area contributed by atoms with E-state index < -0.39 is 0 Å². The van der Waals surface area contributed by atoms with Crippen LogP contribution in [-0.2, 0) is 6.42 Å². The lowest BCUT2D eigenvalue weighted by Crippen LogP contribution is -1.83. The molecule has 0 saturated heterocycles. The van der Waals surface area contributed by atoms with Crippen molar-refractivity contribution in [3.63, 3.8) is 0 Å². The second kappa shape index (κ2) is 2.36. The third kappa shape index (κ3) is 1.17. The molecule has 1 aromatic rings. The van der Waals surface area contributed by atoms with Crippen molar-refractivity contribution < 1.29 is 4.42 Å². The summed E-state index contributed by atoms with van der Waals surface area (Å²) in [6.07, 6.45) is 3.52. The zero-order chi connectivity index (χ0) is 7.84. The van der Waals surface area contributed by atoms with Gasteiger partial charge in [0.2, 0.25) is 0 Å². The van der Waals surface area contributed by atoms with Gasteiger partial charge in [-0.3, -0.25) is 0 Å². The van der Waals surface area contributed by atoms with E-state index >= 15 is 0 Å². The van der Waals surface area contributed by atoms with E-state index in [1.807, 2.05) is 6.92 Å². The van der Waals surface area contributed by atoms with Crippen LogP contribution < -0.4 is 0 Å². The van der Waals surface area contributed by atoms with E-state index in [0.717, 1.165) is 23.8 Å². The van der Waals surface area contributed by atoms with Crippen LogP contribution in [-0.4, -0.2) is 4.98 Å². The van der Waals surface area contributed by atoms with E-state index in [0.29, 0.717) is 5.92 Å². The van der Waals surface area contributed by atoms with E-state index in [4.69, 9.17) is 4.42 Å². The highest BCUT2D eigenvalue weighted by molar-refractivity contribution is 5.12. The number of hydrogen-bond donors (Lipinski definition) is 0. The SMILES string of the molecule is CCc1nc(C2CC2)oc1C. The molecule has 0 unspecified atom stereocenters. The van der Waals surface area contributed by atoms with E-state index in [1.54, 1.807) is 0 Å². The first kappa shape index (κ1) is 6.89. The van der Waals surface area contributed by atoms with E-state index in [1.165, 1.54) is 12.8 Å². The summed E-state index contributed by atoms with van der Waals surface area (Å²) < 4.78 is 5.52. The quantitative estimate of drug-likeness (QED) is 0.648. The molecule has 0 aliphatic heterocycles. The number of oxazole rings is 1. The minimum atomic E-state index is 0.647. The summed E-state index contributed by atoms with van der Waals surface area (Å²) in [7, 11) is 0. The lowest BCUT2D eigenvalue weighted by molar-refractivity contribution is 0.472. The third-order valence-corrected chi connectivity index (χ3v) is 2.17. The molecule has 0 radical (unpaired) electrons. The lowest BCUT2D eigenvalue weighted by Gasteiger charge is -1.84. The Bertz CT molecular complexity index is 261. The fourth-order valence-electron chi connectivity index (χ4n) is 1.28. The molecule has 1 heterocycles. The highest BCUT2D eigenvalue weighted by Gasteiger charge is 2.29. The van der Waals surface area contributed by atoms with Gasteiger partial charge in [0, 0.05) is 5.92 Å². The Kier molecular flexibility index (Phi) is 1.48. The molecule has 0 amide bonds. The molecule has 0 aromatic carbocycles. The van der Waals surface area contributed by atoms with Crippen molar-refractivity contribution >= 4 is 0 Å². The summed E-state index contributed by atoms with van der Waals surface area (Å²) in [4.78, 5) is 4.42. The van der Waals surface area contributed by atoms with Gasteiger partial charge in [0.25, 0.3) is 0 Å². The number of hydrogen-bond acceptors (Lipinski definition) is 2. The van der Waals surface area contributed by atoms with Crippen molar-refractivity contribution in [3.8, 4) is 0 Å². The van der Waals surface area contributed by atoms with Gasteiger partial charge >= 0.3 is 0 Å². The number of rotatable bonds is 2. The van der Waals surface area contributed by atoms with E-state index in [2.05, 4.69) is 11.9 Å². The fourth-order valence-corrected chi connectivity index (χ4v) is 1.28. The number of nitrogens with zero attached hydrogens (tertiary/aromatic N) is 1. The molecule has 0 atom stereocenters. The van der Waals surface area contributed by atoms with Crippen LogP contribution in [0.5, 0.6) is 0 Å². The maximum atomic E-state index is 5.52. The van der Waals surface area contributed by atoms with Crippen molar-refractivity contribution in [2.75, 3.05) is 0 Å². The molecule has 11 heavy (non-hydrogen) atoms. The second-order valence-electron chi connectivity index (χ2n) is 3.18. The van der Waals surface area contributed by atoms with Crippen LogP contribution in [0.4, 0.5) is 0 Å². The van der Waals surface area contributed by atoms with Gasteiger partial charge in [-0.15, -0.1) is 0 Å². The van der Waals surface area contributed by atoms with Gasteiger partial charge < -0.3 is 4.42 Å². The van der Waals surface area contributed by atoms with Crippen molar-refractivity contribution in [3.05, 3.63) is 17.3 Å². The molecular weight excluding hydrogens is 138 g/mol. The highest BCUT2D eigenvalue weighted by atomic mass is 16.4. The smallest absolute Gasteiger partial charge is 0.197 e. The van der Waals surface area contributed by atoms with Crippen LogP contribution in [0.25, 0.3) is 0 Å². The molecule has 2 heteroatoms. The first-order valence-corrected chi connectivity index (χ1v) is 4.27. The molecule has 1 aliphatic carbocycles. The predicted molar refractivity (Wildman–Crippen MR) is 42.6 cm³/mol. The Morgan fingerprint density at radius 3 is 2.73 bits per heavy atom. The van der Waals surface area contributed by atoms with Crippen LogP contribution in [0.3, 0.4) is 0 Å². The Morgan fingerprint density at radius 1 is 1.55 bits per heavy atom. The first-order chi connectivity index (χ1) is 5.31. The van der Waals surface area contributed by atoms with Crippen LogP contribution in [0.1, 0.15) is 43.0 Å². The number of aryl methyl sites for hydroxylation is 2. The molecular formula is C9H13NO. The predicted octanol–water partition coefficient (Wildman–Crippen LogP) is 2.42. The average Bonchev–Trinajstić information content (AvgIpc) is 2.76. The van der Waals surface area contributed by atoms with Crippen molar-refractivity contribution in [2.24, 2.45) is 0 Å². The Balaban J connectivity index is 2.28. The van der Waals surface area contributed by atoms with Crippen LogP contribution in [0.15, 0.2) is 4.42 Å². The van der Waals surface area contributed by atoms with Crippen molar-refractivity contribution in [2.45, 2.75) is 39.0 Å². The molecule has 0 bridgehead atoms. The van der Waals surface area contributed by atoms with Crippen molar-refractivity contribution in [1.29, 1.82) is 0 Å². The fraction of sp³-hybridized carbons (Fsp3) is 0.667. The second-order valence-corrected chi connectivity index (χ2v) is 3.18. The van der Waals surface area contributed by atoms with Crippen LogP contribution >= 0.6 is 0 Å². The summed E-state index contributed by atoms with van der Waals surface area (Å²) in [6, 6.07) is 0. The maximum Gasteiger partial charge on any atom is 0.197 e.